The first-order valence-electron chi connectivity index (χ1n) is 17.0. The number of carboxylic acids is 1. The van der Waals surface area contributed by atoms with Crippen LogP contribution in [0.5, 0.6) is 0 Å². The number of carboxylic acid groups (broad SMARTS) is 1. The number of aliphatic hydroxyl groups is 1. The molecular weight excluding hydrogens is 668 g/mol. The first kappa shape index (κ1) is 41.3. The normalized spacial score (nSPS) is 16.9. The molecule has 1 saturated heterocycles. The Morgan fingerprint density at radius 1 is 0.900 bits per heavy atom. The number of Topliss-reactive ketones (excluding diaryl/α,β-unsaturated/α-hetero) is 2. The maximum atomic E-state index is 13.9. The molecule has 1 aromatic carbocycles. The second-order valence-electron chi connectivity index (χ2n) is 13.3. The van der Waals surface area contributed by atoms with Gasteiger partial charge in [-0.2, -0.15) is 0 Å². The van der Waals surface area contributed by atoms with Crippen LogP contribution in [0.15, 0.2) is 29.8 Å². The molecule has 14 heteroatoms. The molecule has 1 aliphatic heterocycles. The van der Waals surface area contributed by atoms with Crippen LogP contribution < -0.4 is 0 Å². The molecule has 0 bridgehead atoms. The summed E-state index contributed by atoms with van der Waals surface area (Å²) < 4.78 is 26.5. The van der Waals surface area contributed by atoms with Gasteiger partial charge in [-0.15, -0.1) is 11.3 Å². The van der Waals surface area contributed by atoms with E-state index in [4.69, 9.17) is 28.8 Å². The number of carbonyl (C=O) groups is 4. The summed E-state index contributed by atoms with van der Waals surface area (Å²) in [5, 5.41) is 19.0. The largest absolute Gasteiger partial charge is 0.480 e. The minimum Gasteiger partial charge on any atom is -0.480 e. The van der Waals surface area contributed by atoms with E-state index in [-0.39, 0.29) is 82.9 Å². The van der Waals surface area contributed by atoms with Gasteiger partial charge in [0.15, 0.2) is 11.6 Å². The Balaban J connectivity index is 1.36. The third-order valence-electron chi connectivity index (χ3n) is 8.31. The van der Waals surface area contributed by atoms with E-state index < -0.39 is 29.4 Å². The zero-order chi connectivity index (χ0) is 36.5. The van der Waals surface area contributed by atoms with Gasteiger partial charge < -0.3 is 38.8 Å². The molecule has 13 nitrogen and oxygen atoms in total. The highest BCUT2D eigenvalue weighted by Gasteiger charge is 2.44. The van der Waals surface area contributed by atoms with Crippen LogP contribution in [0.3, 0.4) is 0 Å². The van der Waals surface area contributed by atoms with Crippen LogP contribution in [0, 0.1) is 18.3 Å². The molecule has 1 unspecified atom stereocenters. The summed E-state index contributed by atoms with van der Waals surface area (Å²) in [6.07, 6.45) is 0.110. The maximum absolute atomic E-state index is 13.9. The summed E-state index contributed by atoms with van der Waals surface area (Å²) in [5.41, 5.74) is 4.34. The van der Waals surface area contributed by atoms with Crippen LogP contribution in [-0.2, 0) is 49.3 Å². The second kappa shape index (κ2) is 21.3. The van der Waals surface area contributed by atoms with Gasteiger partial charge in [-0.3, -0.25) is 14.4 Å². The molecule has 3 atom stereocenters. The number of aliphatic carboxylic acids is 1. The number of thiazole rings is 1. The number of hydrogen-bond acceptors (Lipinski definition) is 12. The average Bonchev–Trinajstić information content (AvgIpc) is 3.68. The summed E-state index contributed by atoms with van der Waals surface area (Å²) in [7, 11) is 0. The van der Waals surface area contributed by atoms with Gasteiger partial charge in [0.05, 0.1) is 81.1 Å². The number of carbonyl (C=O) groups excluding carboxylic acids is 3. The lowest BCUT2D eigenvalue weighted by molar-refractivity contribution is -0.146. The number of β-amino-alcohol motifs (C(OH)–C–C–N with tert-alkyl or cyclic N) is 1. The van der Waals surface area contributed by atoms with E-state index >= 15 is 0 Å². The Morgan fingerprint density at radius 2 is 1.46 bits per heavy atom. The van der Waals surface area contributed by atoms with Crippen molar-refractivity contribution in [3.8, 4) is 10.4 Å². The predicted molar refractivity (Wildman–Crippen MR) is 186 cm³/mol. The van der Waals surface area contributed by atoms with E-state index in [0.717, 1.165) is 21.7 Å². The summed E-state index contributed by atoms with van der Waals surface area (Å²) in [6, 6.07) is 7.34. The van der Waals surface area contributed by atoms with Gasteiger partial charge in [-0.25, -0.2) is 9.78 Å². The number of benzene rings is 1. The molecule has 0 saturated carbocycles. The number of ether oxygens (including phenoxy) is 5. The second-order valence-corrected chi connectivity index (χ2v) is 14.2. The van der Waals surface area contributed by atoms with Gasteiger partial charge in [-0.1, -0.05) is 45.0 Å². The van der Waals surface area contributed by atoms with Crippen molar-refractivity contribution in [2.75, 3.05) is 72.6 Å². The minimum absolute atomic E-state index is 0.0378. The number of aryl methyl sites for hydroxylation is 2. The van der Waals surface area contributed by atoms with Crippen LogP contribution in [0.25, 0.3) is 10.4 Å². The molecule has 278 valence electrons. The number of rotatable bonds is 24. The Morgan fingerprint density at radius 3 is 1.98 bits per heavy atom. The van der Waals surface area contributed by atoms with E-state index in [9.17, 15) is 24.3 Å². The molecule has 1 aromatic heterocycles. The Labute approximate surface area is 298 Å². The molecule has 2 heterocycles. The van der Waals surface area contributed by atoms with Crippen LogP contribution in [-0.4, -0.2) is 128 Å². The third kappa shape index (κ3) is 14.3. The maximum Gasteiger partial charge on any atom is 0.329 e. The van der Waals surface area contributed by atoms with Crippen LogP contribution in [0.2, 0.25) is 0 Å². The lowest BCUT2D eigenvalue weighted by Crippen LogP contribution is -2.47. The van der Waals surface area contributed by atoms with Crippen molar-refractivity contribution in [1.82, 2.24) is 9.88 Å². The van der Waals surface area contributed by atoms with Gasteiger partial charge in [-0.05, 0) is 29.9 Å². The molecule has 1 fully saturated rings. The smallest absolute Gasteiger partial charge is 0.329 e. The Bertz CT molecular complexity index is 1360. The molecule has 3 rings (SSSR count). The molecule has 0 spiro atoms. The molecule has 2 aromatic rings. The van der Waals surface area contributed by atoms with E-state index in [0.29, 0.717) is 32.8 Å². The molecule has 1 amide bonds. The van der Waals surface area contributed by atoms with E-state index in [1.807, 2.05) is 57.5 Å². The van der Waals surface area contributed by atoms with Crippen molar-refractivity contribution in [2.24, 2.45) is 11.3 Å². The summed E-state index contributed by atoms with van der Waals surface area (Å²) in [4.78, 5) is 57.4. The number of aromatic nitrogens is 1. The molecular formula is C36H52N2O11S. The van der Waals surface area contributed by atoms with Gasteiger partial charge in [0.1, 0.15) is 13.2 Å². The van der Waals surface area contributed by atoms with Crippen molar-refractivity contribution >= 4 is 34.8 Å². The minimum atomic E-state index is -1.03. The molecule has 2 N–H and O–H groups in total. The van der Waals surface area contributed by atoms with Gasteiger partial charge in [0, 0.05) is 31.7 Å². The van der Waals surface area contributed by atoms with E-state index in [2.05, 4.69) is 4.98 Å². The molecule has 1 aliphatic rings. The standard InChI is InChI=1S/C36H52N2O11S/c1-25-34(50-24-37-25)27-8-5-26(6-9-27)7-10-32(41)31-20-28(39)21-38(31)35(44)30(36(2,3)4)19-29(40)22-48-17-15-46-13-11-45-12-14-47-16-18-49-23-33(42)43/h5-6,8-9,24,28,30-31,39H,7,10-23H2,1-4H3,(H,42,43)/t28-,30-,31?/m1/s1. The number of hydrogen-bond donors (Lipinski definition) is 2. The fourth-order valence-electron chi connectivity index (χ4n) is 5.57. The number of likely N-dealkylation sites (tertiary alicyclic amines) is 1. The van der Waals surface area contributed by atoms with Crippen molar-refractivity contribution < 1.29 is 53.1 Å². The van der Waals surface area contributed by atoms with Crippen LogP contribution in [0.1, 0.15) is 51.3 Å². The number of ketones is 2. The zero-order valence-electron chi connectivity index (χ0n) is 29.6. The fourth-order valence-corrected chi connectivity index (χ4v) is 6.38. The number of nitrogens with zero attached hydrogens (tertiary/aromatic N) is 2. The zero-order valence-corrected chi connectivity index (χ0v) is 30.4. The molecule has 50 heavy (non-hydrogen) atoms. The van der Waals surface area contributed by atoms with E-state index in [1.54, 1.807) is 11.3 Å². The van der Waals surface area contributed by atoms with E-state index in [1.165, 1.54) is 4.90 Å². The first-order chi connectivity index (χ1) is 23.9. The molecule has 0 radical (unpaired) electrons. The summed E-state index contributed by atoms with van der Waals surface area (Å²) >= 11 is 1.59. The highest BCUT2D eigenvalue weighted by molar-refractivity contribution is 7.13. The number of aliphatic hydroxyl groups excluding tert-OH is 1. The fraction of sp³-hybridized carbons (Fsp3) is 0.639. The van der Waals surface area contributed by atoms with Crippen molar-refractivity contribution in [2.45, 2.75) is 65.5 Å². The van der Waals surface area contributed by atoms with Crippen LogP contribution >= 0.6 is 11.3 Å². The van der Waals surface area contributed by atoms with Crippen molar-refractivity contribution in [3.63, 3.8) is 0 Å². The predicted octanol–water partition coefficient (Wildman–Crippen LogP) is 3.37. The van der Waals surface area contributed by atoms with Crippen molar-refractivity contribution in [3.05, 3.63) is 41.0 Å². The topological polar surface area (TPSA) is 171 Å². The first-order valence-corrected chi connectivity index (χ1v) is 17.9. The Hall–Kier alpha value is -3.11. The van der Waals surface area contributed by atoms with Gasteiger partial charge in [0.25, 0.3) is 0 Å². The van der Waals surface area contributed by atoms with Gasteiger partial charge in [0.2, 0.25) is 5.91 Å². The highest BCUT2D eigenvalue weighted by atomic mass is 32.1. The highest BCUT2D eigenvalue weighted by Crippen LogP contribution is 2.34. The van der Waals surface area contributed by atoms with Crippen molar-refractivity contribution in [1.29, 1.82) is 0 Å². The lowest BCUT2D eigenvalue weighted by Gasteiger charge is -2.34. The Kier molecular flexibility index (Phi) is 17.6. The number of amides is 1. The summed E-state index contributed by atoms with van der Waals surface area (Å²) in [5.74, 6) is -2.34. The van der Waals surface area contributed by atoms with Gasteiger partial charge >= 0.3 is 5.97 Å². The SMILES string of the molecule is Cc1ncsc1-c1ccc(CCC(=O)C2C[C@@H](O)CN2C(=O)[C@@H](CC(=O)COCCOCCOCCOCCOCC(=O)O)C(C)(C)C)cc1. The summed E-state index contributed by atoms with van der Waals surface area (Å²) in [6.45, 7) is 9.52. The van der Waals surface area contributed by atoms with Crippen LogP contribution in [0.4, 0.5) is 0 Å². The average molecular weight is 721 g/mol. The molecule has 0 aliphatic carbocycles. The lowest BCUT2D eigenvalue weighted by atomic mass is 9.76. The monoisotopic (exact) mass is 720 g/mol. The third-order valence-corrected chi connectivity index (χ3v) is 9.28. The quantitative estimate of drug-likeness (QED) is 0.152.